The Bertz CT molecular complexity index is 2480. The van der Waals surface area contributed by atoms with E-state index in [4.69, 9.17) is 0 Å². The molecular weight excluding hydrogens is 528 g/mol. The maximum Gasteiger partial charge on any atom is -0.00201 e. The predicted molar refractivity (Wildman–Crippen MR) is 190 cm³/mol. The number of fused-ring (bicyclic) bond motifs is 5. The molecule has 0 atom stereocenters. The van der Waals surface area contributed by atoms with E-state index in [1.807, 2.05) is 0 Å². The lowest BCUT2D eigenvalue weighted by molar-refractivity contribution is 1.67. The van der Waals surface area contributed by atoms with Gasteiger partial charge in [0, 0.05) is 0 Å². The molecule has 0 saturated carbocycles. The summed E-state index contributed by atoms with van der Waals surface area (Å²) in [7, 11) is 0. The second kappa shape index (κ2) is 9.93. The summed E-state index contributed by atoms with van der Waals surface area (Å²) < 4.78 is 0. The van der Waals surface area contributed by atoms with Crippen molar-refractivity contribution in [2.24, 2.45) is 0 Å². The van der Waals surface area contributed by atoms with Gasteiger partial charge in [-0.1, -0.05) is 170 Å². The Hall–Kier alpha value is -5.72. The SMILES string of the molecule is c1ccc2c(-c3cccc4c(-c5c6ccccc6c(-c6cccc7ccccc67)c6ccccc56)cccc34)cccc2c1. The van der Waals surface area contributed by atoms with Crippen LogP contribution in [0.1, 0.15) is 0 Å². The Morgan fingerprint density at radius 2 is 0.455 bits per heavy atom. The van der Waals surface area contributed by atoms with Gasteiger partial charge in [-0.2, -0.15) is 0 Å². The van der Waals surface area contributed by atoms with Gasteiger partial charge >= 0.3 is 0 Å². The van der Waals surface area contributed by atoms with Crippen LogP contribution in [0.5, 0.6) is 0 Å². The van der Waals surface area contributed by atoms with Crippen molar-refractivity contribution >= 4 is 53.9 Å². The molecule has 9 rings (SSSR count). The molecule has 0 radical (unpaired) electrons. The van der Waals surface area contributed by atoms with Gasteiger partial charge in [0.15, 0.2) is 0 Å². The Morgan fingerprint density at radius 3 is 0.955 bits per heavy atom. The summed E-state index contributed by atoms with van der Waals surface area (Å²) in [5, 5.41) is 12.7. The van der Waals surface area contributed by atoms with Gasteiger partial charge in [-0.25, -0.2) is 0 Å². The molecule has 0 amide bonds. The molecule has 0 saturated heterocycles. The number of hydrogen-bond acceptors (Lipinski definition) is 0. The van der Waals surface area contributed by atoms with E-state index in [1.165, 1.54) is 87.2 Å². The molecule has 0 heterocycles. The summed E-state index contributed by atoms with van der Waals surface area (Å²) in [4.78, 5) is 0. The zero-order chi connectivity index (χ0) is 29.0. The lowest BCUT2D eigenvalue weighted by Crippen LogP contribution is -1.92. The highest BCUT2D eigenvalue weighted by Gasteiger charge is 2.19. The third kappa shape index (κ3) is 3.71. The first-order chi connectivity index (χ1) is 21.9. The summed E-state index contributed by atoms with van der Waals surface area (Å²) in [6.45, 7) is 0. The van der Waals surface area contributed by atoms with Crippen LogP contribution in [0.25, 0.3) is 87.2 Å². The highest BCUT2D eigenvalue weighted by molar-refractivity contribution is 6.25. The van der Waals surface area contributed by atoms with Crippen molar-refractivity contribution < 1.29 is 0 Å². The molecule has 0 heteroatoms. The average molecular weight is 557 g/mol. The smallest absolute Gasteiger partial charge is 0.00201 e. The van der Waals surface area contributed by atoms with Gasteiger partial charge in [-0.05, 0) is 87.2 Å². The highest BCUT2D eigenvalue weighted by atomic mass is 14.2. The van der Waals surface area contributed by atoms with Crippen molar-refractivity contribution in [2.75, 3.05) is 0 Å². The van der Waals surface area contributed by atoms with Gasteiger partial charge in [0.05, 0.1) is 0 Å². The van der Waals surface area contributed by atoms with Gasteiger partial charge in [-0.15, -0.1) is 0 Å². The van der Waals surface area contributed by atoms with Crippen LogP contribution in [0.15, 0.2) is 170 Å². The molecule has 0 bridgehead atoms. The third-order valence-electron chi connectivity index (χ3n) is 9.26. The fourth-order valence-corrected chi connectivity index (χ4v) is 7.38. The molecule has 0 nitrogen and oxygen atoms in total. The molecule has 0 aromatic heterocycles. The number of rotatable bonds is 3. The lowest BCUT2D eigenvalue weighted by atomic mass is 9.83. The van der Waals surface area contributed by atoms with Gasteiger partial charge in [0.1, 0.15) is 0 Å². The van der Waals surface area contributed by atoms with Crippen molar-refractivity contribution in [3.8, 4) is 33.4 Å². The van der Waals surface area contributed by atoms with E-state index in [1.54, 1.807) is 0 Å². The zero-order valence-corrected chi connectivity index (χ0v) is 24.2. The van der Waals surface area contributed by atoms with Crippen LogP contribution in [0.4, 0.5) is 0 Å². The van der Waals surface area contributed by atoms with Crippen LogP contribution in [0.2, 0.25) is 0 Å². The molecule has 0 spiro atoms. The van der Waals surface area contributed by atoms with E-state index < -0.39 is 0 Å². The van der Waals surface area contributed by atoms with Crippen molar-refractivity contribution in [1.82, 2.24) is 0 Å². The molecular formula is C44H28. The minimum Gasteiger partial charge on any atom is -0.0616 e. The minimum absolute atomic E-state index is 1.26. The zero-order valence-electron chi connectivity index (χ0n) is 24.2. The van der Waals surface area contributed by atoms with Crippen molar-refractivity contribution in [3.05, 3.63) is 170 Å². The van der Waals surface area contributed by atoms with Crippen LogP contribution in [-0.2, 0) is 0 Å². The molecule has 0 aliphatic heterocycles. The van der Waals surface area contributed by atoms with E-state index in [0.29, 0.717) is 0 Å². The molecule has 0 N–H and O–H groups in total. The number of benzene rings is 9. The van der Waals surface area contributed by atoms with E-state index in [2.05, 4.69) is 170 Å². The third-order valence-corrected chi connectivity index (χ3v) is 9.26. The fraction of sp³-hybridized carbons (Fsp3) is 0. The summed E-state index contributed by atoms with van der Waals surface area (Å²) in [5.74, 6) is 0. The maximum atomic E-state index is 2.31. The van der Waals surface area contributed by atoms with E-state index in [0.717, 1.165) is 0 Å². The summed E-state index contributed by atoms with van der Waals surface area (Å²) in [5.41, 5.74) is 7.67. The molecule has 0 fully saturated rings. The largest absolute Gasteiger partial charge is 0.0616 e. The molecule has 44 heavy (non-hydrogen) atoms. The van der Waals surface area contributed by atoms with Gasteiger partial charge in [-0.3, -0.25) is 0 Å². The molecule has 9 aromatic rings. The molecule has 204 valence electrons. The normalized spacial score (nSPS) is 11.6. The quantitative estimate of drug-likeness (QED) is 0.190. The summed E-state index contributed by atoms with van der Waals surface area (Å²) in [6.07, 6.45) is 0. The molecule has 0 aliphatic carbocycles. The van der Waals surface area contributed by atoms with Crippen LogP contribution >= 0.6 is 0 Å². The summed E-state index contributed by atoms with van der Waals surface area (Å²) in [6, 6.07) is 62.3. The van der Waals surface area contributed by atoms with E-state index in [-0.39, 0.29) is 0 Å². The Labute approximate surface area is 256 Å². The molecule has 0 unspecified atom stereocenters. The predicted octanol–water partition coefficient (Wildman–Crippen LogP) is 12.5. The second-order valence-corrected chi connectivity index (χ2v) is 11.6. The van der Waals surface area contributed by atoms with Crippen molar-refractivity contribution in [3.63, 3.8) is 0 Å². The molecule has 9 aromatic carbocycles. The first kappa shape index (κ1) is 24.8. The highest BCUT2D eigenvalue weighted by Crippen LogP contribution is 2.47. The topological polar surface area (TPSA) is 0 Å². The first-order valence-electron chi connectivity index (χ1n) is 15.3. The van der Waals surface area contributed by atoms with E-state index >= 15 is 0 Å². The maximum absolute atomic E-state index is 2.31. The monoisotopic (exact) mass is 556 g/mol. The van der Waals surface area contributed by atoms with Crippen molar-refractivity contribution in [2.45, 2.75) is 0 Å². The minimum atomic E-state index is 1.26. The molecule has 0 aliphatic rings. The van der Waals surface area contributed by atoms with Gasteiger partial charge < -0.3 is 0 Å². The van der Waals surface area contributed by atoms with Crippen LogP contribution in [0.3, 0.4) is 0 Å². The van der Waals surface area contributed by atoms with Crippen LogP contribution < -0.4 is 0 Å². The average Bonchev–Trinajstić information content (AvgIpc) is 3.10. The first-order valence-corrected chi connectivity index (χ1v) is 15.3. The number of hydrogen-bond donors (Lipinski definition) is 0. The van der Waals surface area contributed by atoms with Crippen LogP contribution in [-0.4, -0.2) is 0 Å². The van der Waals surface area contributed by atoms with Crippen molar-refractivity contribution in [1.29, 1.82) is 0 Å². The van der Waals surface area contributed by atoms with Crippen LogP contribution in [0, 0.1) is 0 Å². The summed E-state index contributed by atoms with van der Waals surface area (Å²) >= 11 is 0. The Balaban J connectivity index is 1.39. The lowest BCUT2D eigenvalue weighted by Gasteiger charge is -2.20. The van der Waals surface area contributed by atoms with E-state index in [9.17, 15) is 0 Å². The Morgan fingerprint density at radius 1 is 0.182 bits per heavy atom. The van der Waals surface area contributed by atoms with Gasteiger partial charge in [0.2, 0.25) is 0 Å². The van der Waals surface area contributed by atoms with Gasteiger partial charge in [0.25, 0.3) is 0 Å². The Kier molecular flexibility index (Phi) is 5.61. The standard InChI is InChI=1S/C44H28/c1-3-17-31-29(13-1)15-9-23-33(31)34-24-11-26-36-35(34)25-12-28-38(36)44-41-21-7-5-19-39(41)43(40-20-6-8-22-42(40)44)37-27-10-16-30-14-2-4-18-32(30)37/h1-28H. The second-order valence-electron chi connectivity index (χ2n) is 11.6. The fourth-order valence-electron chi connectivity index (χ4n) is 7.38.